The maximum absolute atomic E-state index is 13.2. The molecule has 4 rings (SSSR count). The molecule has 10 heteroatoms. The second kappa shape index (κ2) is 9.97. The van der Waals surface area contributed by atoms with Crippen molar-refractivity contribution in [3.05, 3.63) is 104 Å². The second-order valence-corrected chi connectivity index (χ2v) is 7.97. The molecule has 2 aromatic heterocycles. The van der Waals surface area contributed by atoms with Crippen LogP contribution < -0.4 is 27.3 Å². The van der Waals surface area contributed by atoms with Crippen LogP contribution in [0, 0.1) is 17.0 Å². The fraction of sp³-hybridized carbons (Fsp3) is 0.130. The van der Waals surface area contributed by atoms with Gasteiger partial charge in [-0.2, -0.15) is 0 Å². The van der Waals surface area contributed by atoms with Crippen LogP contribution >= 0.6 is 11.3 Å². The number of nitro groups is 1. The number of thiazole rings is 1. The molecule has 0 aliphatic rings. The molecule has 8 nitrogen and oxygen atoms in total. The third kappa shape index (κ3) is 4.53. The van der Waals surface area contributed by atoms with Gasteiger partial charge in [-0.25, -0.2) is 9.67 Å². The van der Waals surface area contributed by atoms with Crippen LogP contribution in [-0.4, -0.2) is 18.9 Å². The summed E-state index contributed by atoms with van der Waals surface area (Å²) >= 11 is 1.37. The maximum Gasteiger partial charge on any atom is 0.297 e. The Kier molecular flexibility index (Phi) is 7.29. The van der Waals surface area contributed by atoms with Crippen LogP contribution in [-0.2, 0) is 13.6 Å². The number of benzene rings is 2. The number of halogens is 1. The highest BCUT2D eigenvalue weighted by molar-refractivity contribution is 7.07. The predicted octanol–water partition coefficient (Wildman–Crippen LogP) is 1.35. The highest BCUT2D eigenvalue weighted by Crippen LogP contribution is 2.25. The van der Waals surface area contributed by atoms with E-state index in [2.05, 4.69) is 6.58 Å². The fourth-order valence-corrected chi connectivity index (χ4v) is 4.44. The lowest BCUT2D eigenvalue weighted by atomic mass is 10.1. The van der Waals surface area contributed by atoms with E-state index in [9.17, 15) is 14.9 Å². The number of allylic oxidation sites excluding steroid dienone is 1. The standard InChI is InChI=1S/C23H21N5O3S.BrH/c1-4-13-26-20(17-9-8-12-19(14-17)28(30)31)15-32-23(26)24-21-16(2)25(3)27(22(21)29)18-10-6-5-7-11-18;/h4-12,14-15H,1,13H2,2-3H3;1H/p-1. The highest BCUT2D eigenvalue weighted by atomic mass is 79.9. The Morgan fingerprint density at radius 1 is 1.18 bits per heavy atom. The molecule has 0 fully saturated rings. The first-order chi connectivity index (χ1) is 15.4. The average Bonchev–Trinajstić information content (AvgIpc) is 3.28. The quantitative estimate of drug-likeness (QED) is 0.216. The van der Waals surface area contributed by atoms with Crippen molar-refractivity contribution in [1.82, 2.24) is 13.9 Å². The maximum atomic E-state index is 13.2. The van der Waals surface area contributed by atoms with E-state index in [0.717, 1.165) is 17.1 Å². The van der Waals surface area contributed by atoms with E-state index in [-0.39, 0.29) is 28.2 Å². The van der Waals surface area contributed by atoms with Crippen molar-refractivity contribution >= 4 is 22.7 Å². The minimum Gasteiger partial charge on any atom is -1.00 e. The van der Waals surface area contributed by atoms with Gasteiger partial charge in [0.15, 0.2) is 10.5 Å². The van der Waals surface area contributed by atoms with Gasteiger partial charge >= 0.3 is 0 Å². The van der Waals surface area contributed by atoms with Crippen LogP contribution in [0.15, 0.2) is 82.4 Å². The number of aromatic nitrogens is 3. The number of nitro benzene ring substituents is 1. The Morgan fingerprint density at radius 2 is 1.91 bits per heavy atom. The first-order valence-electron chi connectivity index (χ1n) is 9.85. The van der Waals surface area contributed by atoms with Crippen molar-refractivity contribution in [1.29, 1.82) is 0 Å². The molecule has 0 amide bonds. The number of hydrogen-bond donors (Lipinski definition) is 0. The third-order valence-corrected chi connectivity index (χ3v) is 6.06. The largest absolute Gasteiger partial charge is 1.00 e. The summed E-state index contributed by atoms with van der Waals surface area (Å²) < 4.78 is 5.26. The summed E-state index contributed by atoms with van der Waals surface area (Å²) in [5, 5.41) is 13.1. The lowest BCUT2D eigenvalue weighted by Gasteiger charge is -2.07. The summed E-state index contributed by atoms with van der Waals surface area (Å²) in [6.07, 6.45) is 1.73. The number of non-ortho nitro benzene ring substituents is 1. The van der Waals surface area contributed by atoms with Crippen molar-refractivity contribution in [3.63, 3.8) is 0 Å². The first-order valence-corrected chi connectivity index (χ1v) is 10.7. The van der Waals surface area contributed by atoms with E-state index in [0.29, 0.717) is 22.6 Å². The summed E-state index contributed by atoms with van der Waals surface area (Å²) in [5.41, 5.74) is 3.11. The minimum absolute atomic E-state index is 0. The van der Waals surface area contributed by atoms with Gasteiger partial charge in [0.2, 0.25) is 0 Å². The van der Waals surface area contributed by atoms with E-state index in [1.807, 2.05) is 60.3 Å². The second-order valence-electron chi connectivity index (χ2n) is 7.13. The topological polar surface area (TPSA) is 87.4 Å². The normalized spacial score (nSPS) is 11.3. The van der Waals surface area contributed by atoms with Crippen molar-refractivity contribution in [2.45, 2.75) is 13.5 Å². The zero-order valence-electron chi connectivity index (χ0n) is 18.0. The van der Waals surface area contributed by atoms with Crippen LogP contribution in [0.3, 0.4) is 0 Å². The van der Waals surface area contributed by atoms with Crippen LogP contribution in [0.5, 0.6) is 0 Å². The fourth-order valence-electron chi connectivity index (χ4n) is 3.51. The van der Waals surface area contributed by atoms with Gasteiger partial charge in [0.1, 0.15) is 0 Å². The molecule has 0 aliphatic heterocycles. The van der Waals surface area contributed by atoms with Crippen LogP contribution in [0.1, 0.15) is 5.69 Å². The van der Waals surface area contributed by atoms with Gasteiger partial charge in [-0.1, -0.05) is 36.4 Å². The molecule has 0 unspecified atom stereocenters. The average molecular weight is 527 g/mol. The summed E-state index contributed by atoms with van der Waals surface area (Å²) in [6.45, 7) is 6.12. The summed E-state index contributed by atoms with van der Waals surface area (Å²) in [6, 6.07) is 15.8. The number of rotatable bonds is 6. The lowest BCUT2D eigenvalue weighted by Crippen LogP contribution is -3.00. The molecule has 33 heavy (non-hydrogen) atoms. The molecule has 2 heterocycles. The monoisotopic (exact) mass is 526 g/mol. The molecule has 2 aromatic carbocycles. The van der Waals surface area contributed by atoms with E-state index >= 15 is 0 Å². The van der Waals surface area contributed by atoms with E-state index < -0.39 is 4.92 Å². The van der Waals surface area contributed by atoms with Gasteiger partial charge in [-0.3, -0.25) is 19.6 Å². The van der Waals surface area contributed by atoms with Gasteiger partial charge in [0.05, 0.1) is 22.0 Å². The van der Waals surface area contributed by atoms with Crippen LogP contribution in [0.2, 0.25) is 0 Å². The molecule has 0 spiro atoms. The Labute approximate surface area is 204 Å². The Bertz CT molecular complexity index is 1450. The Balaban J connectivity index is 0.00000306. The van der Waals surface area contributed by atoms with Crippen molar-refractivity contribution < 1.29 is 21.9 Å². The van der Waals surface area contributed by atoms with Crippen LogP contribution in [0.4, 0.5) is 11.4 Å². The number of para-hydroxylation sites is 1. The Morgan fingerprint density at radius 3 is 2.58 bits per heavy atom. The molecule has 0 N–H and O–H groups in total. The SMILES string of the molecule is C=CCn1c(-c2cccc([N+](=O)[O-])c2)csc1=Nc1c(C)n(C)n(-c2ccccc2)c1=O.[Br-]. The van der Waals surface area contributed by atoms with Gasteiger partial charge in [0.25, 0.3) is 11.2 Å². The highest BCUT2D eigenvalue weighted by Gasteiger charge is 2.17. The molecular formula is C23H21BrN5O3S-. The van der Waals surface area contributed by atoms with Crippen LogP contribution in [0.25, 0.3) is 16.9 Å². The molecule has 4 aromatic rings. The predicted molar refractivity (Wildman–Crippen MR) is 126 cm³/mol. The van der Waals surface area contributed by atoms with E-state index in [1.54, 1.807) is 21.5 Å². The summed E-state index contributed by atoms with van der Waals surface area (Å²) in [7, 11) is 1.82. The molecule has 170 valence electrons. The number of hydrogen-bond acceptors (Lipinski definition) is 5. The smallest absolute Gasteiger partial charge is 0.297 e. The zero-order valence-corrected chi connectivity index (χ0v) is 20.4. The minimum atomic E-state index is -0.418. The van der Waals surface area contributed by atoms with E-state index in [1.165, 1.54) is 23.5 Å². The third-order valence-electron chi connectivity index (χ3n) is 5.19. The zero-order chi connectivity index (χ0) is 22.8. The molecule has 0 saturated carbocycles. The summed E-state index contributed by atoms with van der Waals surface area (Å²) in [5.74, 6) is 0. The molecule has 0 saturated heterocycles. The van der Waals surface area contributed by atoms with Gasteiger partial charge in [-0.05, 0) is 19.1 Å². The molecule has 0 atom stereocenters. The van der Waals surface area contributed by atoms with Gasteiger partial charge in [0, 0.05) is 36.7 Å². The summed E-state index contributed by atoms with van der Waals surface area (Å²) in [4.78, 5) is 29.3. The molecule has 0 aliphatic carbocycles. The molecular weight excluding hydrogens is 506 g/mol. The van der Waals surface area contributed by atoms with Crippen molar-refractivity contribution in [2.24, 2.45) is 12.0 Å². The molecule has 0 bridgehead atoms. The molecule has 0 radical (unpaired) electrons. The van der Waals surface area contributed by atoms with E-state index in [4.69, 9.17) is 4.99 Å². The number of nitrogens with zero attached hydrogens (tertiary/aromatic N) is 5. The van der Waals surface area contributed by atoms with Gasteiger partial charge < -0.3 is 21.5 Å². The van der Waals surface area contributed by atoms with Gasteiger partial charge in [-0.15, -0.1) is 17.9 Å². The first kappa shape index (κ1) is 24.1. The van der Waals surface area contributed by atoms with Crippen molar-refractivity contribution in [2.75, 3.05) is 0 Å². The Hall–Kier alpha value is -3.50. The lowest BCUT2D eigenvalue weighted by molar-refractivity contribution is -0.384. The van der Waals surface area contributed by atoms with Crippen molar-refractivity contribution in [3.8, 4) is 16.9 Å².